The molecule has 12 heteroatoms. The van der Waals surface area contributed by atoms with Crippen molar-refractivity contribution < 1.29 is 31.0 Å². The largest absolute Gasteiger partial charge is 0.748 e. The molecule has 0 saturated carbocycles. The zero-order chi connectivity index (χ0) is 24.5. The molecule has 1 amide bonds. The lowest BCUT2D eigenvalue weighted by Gasteiger charge is -2.18. The Morgan fingerprint density at radius 1 is 1.18 bits per heavy atom. The molecule has 4 aromatic rings. The second-order valence-electron chi connectivity index (χ2n) is 7.18. The van der Waals surface area contributed by atoms with Gasteiger partial charge in [0.1, 0.15) is 17.1 Å². The predicted octanol–water partition coefficient (Wildman–Crippen LogP) is 4.66. The van der Waals surface area contributed by atoms with Crippen LogP contribution in [-0.2, 0) is 21.8 Å². The number of nitrogens with zero attached hydrogens (tertiary/aromatic N) is 2. The maximum Gasteiger partial charge on any atom is 0.417 e. The standard InChI is InChI=1S/C22H17F3N4O4S/c1-29(33-34(31)32)16-6-5-14-10-20(28-19(14)11-16)21(30)27-15-4-2-3-13(9-15)17-12-26-8-7-18(17)22(23,24)25/h2-12,28H,1H3,(H,27,30)(H,31,32)/p-1. The molecule has 8 nitrogen and oxygen atoms in total. The quantitative estimate of drug-likeness (QED) is 0.301. The van der Waals surface area contributed by atoms with Gasteiger partial charge in [0, 0.05) is 41.6 Å². The second-order valence-corrected chi connectivity index (χ2v) is 7.74. The zero-order valence-corrected chi connectivity index (χ0v) is 18.2. The Bertz CT molecular complexity index is 1390. The number of benzene rings is 2. The van der Waals surface area contributed by atoms with Crippen LogP contribution in [0.3, 0.4) is 0 Å². The molecule has 1 unspecified atom stereocenters. The topological polar surface area (TPSA) is 110 Å². The highest BCUT2D eigenvalue weighted by molar-refractivity contribution is 7.74. The first-order chi connectivity index (χ1) is 16.1. The molecule has 0 fully saturated rings. The Hall–Kier alpha value is -3.74. The SMILES string of the molecule is CN(OS(=O)[O-])c1ccc2cc(C(=O)Nc3cccc(-c4cnccc4C(F)(F)F)c3)[nH]c2c1. The lowest BCUT2D eigenvalue weighted by molar-refractivity contribution is -0.137. The van der Waals surface area contributed by atoms with E-state index in [9.17, 15) is 26.7 Å². The van der Waals surface area contributed by atoms with Crippen molar-refractivity contribution in [1.29, 1.82) is 0 Å². The number of carbonyl (C=O) groups excluding carboxylic acids is 1. The van der Waals surface area contributed by atoms with Gasteiger partial charge in [0.05, 0.1) is 11.3 Å². The smallest absolute Gasteiger partial charge is 0.417 e. The zero-order valence-electron chi connectivity index (χ0n) is 17.4. The summed E-state index contributed by atoms with van der Waals surface area (Å²) < 4.78 is 66.1. The first-order valence-electron chi connectivity index (χ1n) is 9.69. The van der Waals surface area contributed by atoms with Crippen molar-refractivity contribution in [3.63, 3.8) is 0 Å². The highest BCUT2D eigenvalue weighted by atomic mass is 32.2. The highest BCUT2D eigenvalue weighted by Crippen LogP contribution is 2.37. The number of fused-ring (bicyclic) bond motifs is 1. The Morgan fingerprint density at radius 2 is 1.97 bits per heavy atom. The summed E-state index contributed by atoms with van der Waals surface area (Å²) in [5.41, 5.74) is 0.791. The van der Waals surface area contributed by atoms with Gasteiger partial charge in [-0.05, 0) is 42.0 Å². The van der Waals surface area contributed by atoms with Crippen LogP contribution in [0.2, 0.25) is 0 Å². The van der Waals surface area contributed by atoms with Gasteiger partial charge in [0.15, 0.2) is 0 Å². The highest BCUT2D eigenvalue weighted by Gasteiger charge is 2.33. The number of nitrogens with one attached hydrogen (secondary N) is 2. The molecule has 176 valence electrons. The molecule has 0 radical (unpaired) electrons. The fourth-order valence-corrected chi connectivity index (χ4v) is 3.67. The summed E-state index contributed by atoms with van der Waals surface area (Å²) in [6.45, 7) is 0. The maximum absolute atomic E-state index is 13.4. The summed E-state index contributed by atoms with van der Waals surface area (Å²) in [5, 5.41) is 4.39. The number of H-pyrrole nitrogens is 1. The van der Waals surface area contributed by atoms with Crippen LogP contribution in [0.25, 0.3) is 22.0 Å². The number of hydroxylamine groups is 1. The molecule has 4 rings (SSSR count). The third kappa shape index (κ3) is 5.09. The van der Waals surface area contributed by atoms with Gasteiger partial charge in [-0.2, -0.15) is 17.5 Å². The van der Waals surface area contributed by atoms with Crippen LogP contribution < -0.4 is 10.4 Å². The van der Waals surface area contributed by atoms with Gasteiger partial charge in [-0.1, -0.05) is 18.2 Å². The van der Waals surface area contributed by atoms with E-state index in [4.69, 9.17) is 0 Å². The van der Waals surface area contributed by atoms with Gasteiger partial charge >= 0.3 is 6.18 Å². The summed E-state index contributed by atoms with van der Waals surface area (Å²) in [6.07, 6.45) is -2.35. The fourth-order valence-electron chi connectivity index (χ4n) is 3.40. The van der Waals surface area contributed by atoms with Gasteiger partial charge in [0.25, 0.3) is 5.91 Å². The predicted molar refractivity (Wildman–Crippen MR) is 119 cm³/mol. The van der Waals surface area contributed by atoms with Crippen molar-refractivity contribution in [2.75, 3.05) is 17.4 Å². The van der Waals surface area contributed by atoms with E-state index in [-0.39, 0.29) is 16.8 Å². The van der Waals surface area contributed by atoms with Crippen LogP contribution in [0.5, 0.6) is 0 Å². The van der Waals surface area contributed by atoms with Crippen LogP contribution >= 0.6 is 0 Å². The number of carbonyl (C=O) groups is 1. The second kappa shape index (κ2) is 9.25. The number of amides is 1. The first kappa shape index (κ1) is 23.4. The van der Waals surface area contributed by atoms with Crippen LogP contribution in [0, 0.1) is 0 Å². The van der Waals surface area contributed by atoms with Gasteiger partial charge in [-0.3, -0.25) is 9.78 Å². The number of alkyl halides is 3. The molecular formula is C22H16F3N4O4S-. The maximum atomic E-state index is 13.4. The van der Waals surface area contributed by atoms with Crippen LogP contribution in [-0.4, -0.2) is 31.7 Å². The Morgan fingerprint density at radius 3 is 2.71 bits per heavy atom. The molecular weight excluding hydrogens is 473 g/mol. The van der Waals surface area contributed by atoms with Gasteiger partial charge in [0.2, 0.25) is 0 Å². The van der Waals surface area contributed by atoms with Gasteiger partial charge in [-0.25, -0.2) is 9.27 Å². The van der Waals surface area contributed by atoms with Crippen molar-refractivity contribution in [2.24, 2.45) is 0 Å². The Kier molecular flexibility index (Phi) is 6.37. The van der Waals surface area contributed by atoms with E-state index in [1.54, 1.807) is 30.3 Å². The minimum Gasteiger partial charge on any atom is -0.748 e. The van der Waals surface area contributed by atoms with Crippen LogP contribution in [0.4, 0.5) is 24.5 Å². The lowest BCUT2D eigenvalue weighted by Crippen LogP contribution is -2.18. The number of anilines is 2. The van der Waals surface area contributed by atoms with E-state index in [0.29, 0.717) is 22.3 Å². The van der Waals surface area contributed by atoms with Crippen molar-refractivity contribution in [3.05, 3.63) is 78.2 Å². The molecule has 2 aromatic carbocycles. The van der Waals surface area contributed by atoms with E-state index >= 15 is 0 Å². The summed E-state index contributed by atoms with van der Waals surface area (Å²) in [4.78, 5) is 19.5. The third-order valence-corrected chi connectivity index (χ3v) is 5.29. The molecule has 0 aliphatic heterocycles. The summed E-state index contributed by atoms with van der Waals surface area (Å²) in [5.74, 6) is -0.512. The molecule has 34 heavy (non-hydrogen) atoms. The van der Waals surface area contributed by atoms with Crippen molar-refractivity contribution >= 4 is 39.5 Å². The number of hydrogen-bond acceptors (Lipinski definition) is 6. The molecule has 0 aliphatic carbocycles. The lowest BCUT2D eigenvalue weighted by atomic mass is 10.0. The minimum atomic E-state index is -4.55. The van der Waals surface area contributed by atoms with E-state index in [0.717, 1.165) is 23.5 Å². The normalized spacial score (nSPS) is 12.5. The third-order valence-electron chi connectivity index (χ3n) is 4.94. The number of hydrogen-bond donors (Lipinski definition) is 2. The molecule has 0 saturated heterocycles. The minimum absolute atomic E-state index is 0.102. The van der Waals surface area contributed by atoms with E-state index in [2.05, 4.69) is 19.6 Å². The molecule has 0 bridgehead atoms. The van der Waals surface area contributed by atoms with E-state index < -0.39 is 29.0 Å². The number of aromatic amines is 1. The van der Waals surface area contributed by atoms with E-state index in [1.807, 2.05) is 0 Å². The first-order valence-corrected chi connectivity index (χ1v) is 10.7. The van der Waals surface area contributed by atoms with Crippen molar-refractivity contribution in [1.82, 2.24) is 9.97 Å². The summed E-state index contributed by atoms with van der Waals surface area (Å²) >= 11 is -2.74. The van der Waals surface area contributed by atoms with E-state index in [1.165, 1.54) is 25.2 Å². The van der Waals surface area contributed by atoms with Crippen molar-refractivity contribution in [3.8, 4) is 11.1 Å². The van der Waals surface area contributed by atoms with Crippen molar-refractivity contribution in [2.45, 2.75) is 6.18 Å². The van der Waals surface area contributed by atoms with Gasteiger partial charge in [-0.15, -0.1) is 0 Å². The average Bonchev–Trinajstić information content (AvgIpc) is 3.22. The van der Waals surface area contributed by atoms with Gasteiger partial charge < -0.3 is 14.9 Å². The molecule has 2 heterocycles. The number of pyridine rings is 1. The number of aromatic nitrogens is 2. The number of halogens is 3. The summed E-state index contributed by atoms with van der Waals surface area (Å²) in [6, 6.07) is 13.4. The number of rotatable bonds is 6. The molecule has 1 atom stereocenters. The molecule has 0 spiro atoms. The summed E-state index contributed by atoms with van der Waals surface area (Å²) in [7, 11) is 1.41. The monoisotopic (exact) mass is 489 g/mol. The van der Waals surface area contributed by atoms with Crippen LogP contribution in [0.1, 0.15) is 16.1 Å². The van der Waals surface area contributed by atoms with Crippen LogP contribution in [0.15, 0.2) is 67.0 Å². The Balaban J connectivity index is 1.58. The molecule has 0 aliphatic rings. The molecule has 2 N–H and O–H groups in total. The average molecular weight is 489 g/mol. The Labute approximate surface area is 193 Å². The molecule has 2 aromatic heterocycles. The fraction of sp³-hybridized carbons (Fsp3) is 0.0909.